The zero-order chi connectivity index (χ0) is 83.4. The minimum absolute atomic E-state index is 0.00366. The number of carbonyl (C=O) groups excluding carboxylic acids is 9. The van der Waals surface area contributed by atoms with Crippen LogP contribution in [-0.2, 0) is 71.6 Å². The molecule has 42 unspecified atom stereocenters. The minimum Gasteiger partial charge on any atom is -0.461 e. The summed E-state index contributed by atoms with van der Waals surface area (Å²) < 4.78 is 33.0. The summed E-state index contributed by atoms with van der Waals surface area (Å²) in [5.74, 6) is -3.68. The van der Waals surface area contributed by atoms with Gasteiger partial charge in [-0.3, -0.25) is 33.6 Å². The van der Waals surface area contributed by atoms with E-state index in [1.807, 2.05) is 41.5 Å². The van der Waals surface area contributed by atoms with Crippen molar-refractivity contribution in [2.24, 2.45) is 160 Å². The van der Waals surface area contributed by atoms with Crippen molar-refractivity contribution in [3.05, 3.63) is 109 Å². The normalized spacial score (nSPS) is 49.6. The van der Waals surface area contributed by atoms with Gasteiger partial charge in [0, 0.05) is 107 Å². The standard InChI is InChI=1S/C15H22O4.4C15H20O4.C15H18O4/c6*1-6-4-11(17)13-8(3)15(18)19-14(13)12-7(2)10(16)5-9(6)12/h7-14,16-17H,1,4-5H2,2-3H3;2*7-9,11-14,17H,1,4-5H2,2-3H3;7,9-14,16-17H,1,3-5H2,2H3;8-14,16-17H,1-2,4-5H2,3H3;7,9,11-14,17H,1,3-5H2,2H3. The van der Waals surface area contributed by atoms with Crippen LogP contribution < -0.4 is 0 Å². The first-order valence-corrected chi connectivity index (χ1v) is 41.6. The Morgan fingerprint density at radius 1 is 0.254 bits per heavy atom. The highest BCUT2D eigenvalue weighted by Crippen LogP contribution is 2.59. The lowest BCUT2D eigenvalue weighted by Crippen LogP contribution is -2.37. The predicted octanol–water partition coefficient (Wildman–Crippen LogP) is 7.09. The van der Waals surface area contributed by atoms with Crippen molar-refractivity contribution in [1.29, 1.82) is 0 Å². The molecule has 114 heavy (non-hydrogen) atoms. The third-order valence-corrected chi connectivity index (χ3v) is 31.7. The van der Waals surface area contributed by atoms with Gasteiger partial charge in [-0.1, -0.05) is 155 Å². The summed E-state index contributed by atoms with van der Waals surface area (Å²) in [6.07, 6.45) is -1.000. The third kappa shape index (κ3) is 14.4. The van der Waals surface area contributed by atoms with Crippen LogP contribution in [0.15, 0.2) is 109 Å². The van der Waals surface area contributed by atoms with Crippen LogP contribution in [-0.4, -0.2) is 191 Å². The number of ketones is 3. The molecule has 18 rings (SSSR count). The number of fused-ring (bicyclic) bond motifs is 18. The number of esters is 6. The molecule has 624 valence electrons. The Balaban J connectivity index is 0.000000119. The lowest BCUT2D eigenvalue weighted by atomic mass is 9.77. The maximum Gasteiger partial charge on any atom is 0.334 e. The SMILES string of the molecule is C=C1CC(O)C2C(=C)C(=O)OC2C2C(C)C(=O)CC12.C=C1CC(O)C2C(=C)C(=O)OC2C2C1CC(O)C2C.C=C1CC(O)C2C(C)C(=O)OC2C2C(=C)C(O)CC12.C=C1CC(O)C2C(C)C(=O)OC2C2C(C)C(=O)CC12.C=C1CC(O)C2C(C)C(=O)OC2C2C(C)C(=O)CC12.C=C1CC(O)C2C(C)C(=O)OC2C2C1CC(O)C2C. The maximum atomic E-state index is 12.0. The van der Waals surface area contributed by atoms with E-state index in [9.17, 15) is 89.1 Å². The molecule has 0 spiro atoms. The summed E-state index contributed by atoms with van der Waals surface area (Å²) in [5.41, 5.74) is 7.08. The molecule has 0 aromatic heterocycles. The molecular formula is C90H120O24. The molecule has 0 aromatic carbocycles. The van der Waals surface area contributed by atoms with Crippen molar-refractivity contribution in [2.45, 2.75) is 231 Å². The number of aliphatic hydroxyl groups excluding tert-OH is 9. The average Bonchev–Trinajstić information content (AvgIpc) is 1.63. The predicted molar refractivity (Wildman–Crippen MR) is 411 cm³/mol. The van der Waals surface area contributed by atoms with Gasteiger partial charge in [-0.25, -0.2) is 9.59 Å². The van der Waals surface area contributed by atoms with Gasteiger partial charge in [0.25, 0.3) is 0 Å². The molecule has 6 saturated heterocycles. The van der Waals surface area contributed by atoms with Crippen LogP contribution in [0, 0.1) is 160 Å². The van der Waals surface area contributed by atoms with E-state index in [2.05, 4.69) is 59.2 Å². The largest absolute Gasteiger partial charge is 0.461 e. The van der Waals surface area contributed by atoms with Crippen LogP contribution in [0.4, 0.5) is 0 Å². The zero-order valence-corrected chi connectivity index (χ0v) is 67.2. The molecule has 0 amide bonds. The van der Waals surface area contributed by atoms with Crippen LogP contribution in [0.25, 0.3) is 0 Å². The molecule has 18 fully saturated rings. The van der Waals surface area contributed by atoms with E-state index in [-0.39, 0.29) is 232 Å². The minimum atomic E-state index is -0.690. The van der Waals surface area contributed by atoms with E-state index in [0.717, 1.165) is 39.0 Å². The van der Waals surface area contributed by atoms with Gasteiger partial charge in [-0.2, -0.15) is 0 Å². The highest BCUT2D eigenvalue weighted by atomic mass is 16.6. The summed E-state index contributed by atoms with van der Waals surface area (Å²) in [6.45, 7) is 52.8. The van der Waals surface area contributed by atoms with Crippen molar-refractivity contribution in [3.8, 4) is 0 Å². The van der Waals surface area contributed by atoms with Crippen LogP contribution >= 0.6 is 0 Å². The Morgan fingerprint density at radius 3 is 0.851 bits per heavy atom. The molecule has 0 aromatic rings. The van der Waals surface area contributed by atoms with Crippen LogP contribution in [0.2, 0.25) is 0 Å². The van der Waals surface area contributed by atoms with Gasteiger partial charge < -0.3 is 74.4 Å². The molecule has 6 aliphatic heterocycles. The van der Waals surface area contributed by atoms with Crippen LogP contribution in [0.1, 0.15) is 139 Å². The molecular weight excluding hydrogens is 1460 g/mol. The van der Waals surface area contributed by atoms with Crippen molar-refractivity contribution in [2.75, 3.05) is 0 Å². The first-order valence-electron chi connectivity index (χ1n) is 41.6. The fraction of sp³-hybridized carbons (Fsp3) is 0.700. The topological polar surface area (TPSA) is 391 Å². The Bertz CT molecular complexity index is 3930. The third-order valence-electron chi connectivity index (χ3n) is 31.7. The van der Waals surface area contributed by atoms with E-state index < -0.39 is 72.8 Å². The summed E-state index contributed by atoms with van der Waals surface area (Å²) in [4.78, 5) is 107. The highest BCUT2D eigenvalue weighted by molar-refractivity contribution is 5.92. The van der Waals surface area contributed by atoms with Gasteiger partial charge in [-0.05, 0) is 111 Å². The van der Waals surface area contributed by atoms with Gasteiger partial charge in [-0.15, -0.1) is 0 Å². The quantitative estimate of drug-likeness (QED) is 0.0505. The molecule has 6 heterocycles. The molecule has 24 heteroatoms. The fourth-order valence-electron chi connectivity index (χ4n) is 25.1. The molecule has 12 saturated carbocycles. The lowest BCUT2D eigenvalue weighted by Gasteiger charge is -2.30. The molecule has 0 bridgehead atoms. The first-order chi connectivity index (χ1) is 53.5. The molecule has 9 N–H and O–H groups in total. The summed E-state index contributed by atoms with van der Waals surface area (Å²) in [7, 11) is 0. The van der Waals surface area contributed by atoms with Crippen LogP contribution in [0.5, 0.6) is 0 Å². The number of carbonyl (C=O) groups is 9. The number of Topliss-reactive ketones (excluding diaryl/α,β-unsaturated/α-hetero) is 3. The van der Waals surface area contributed by atoms with Crippen molar-refractivity contribution in [3.63, 3.8) is 0 Å². The summed E-state index contributed by atoms with van der Waals surface area (Å²) in [6, 6.07) is 0. The van der Waals surface area contributed by atoms with E-state index >= 15 is 0 Å². The molecule has 42 atom stereocenters. The van der Waals surface area contributed by atoms with Gasteiger partial charge >= 0.3 is 35.8 Å². The summed E-state index contributed by atoms with van der Waals surface area (Å²) >= 11 is 0. The van der Waals surface area contributed by atoms with Gasteiger partial charge in [0.05, 0.1) is 90.4 Å². The van der Waals surface area contributed by atoms with Crippen molar-refractivity contribution < 1.29 is 118 Å². The van der Waals surface area contributed by atoms with Crippen LogP contribution in [0.3, 0.4) is 0 Å². The monoisotopic (exact) mass is 1580 g/mol. The van der Waals surface area contributed by atoms with E-state index in [0.29, 0.717) is 88.2 Å². The number of ether oxygens (including phenoxy) is 6. The maximum absolute atomic E-state index is 12.0. The lowest BCUT2D eigenvalue weighted by molar-refractivity contribution is -0.147. The number of hydrogen-bond donors (Lipinski definition) is 9. The molecule has 18 aliphatic rings. The van der Waals surface area contributed by atoms with Crippen molar-refractivity contribution >= 4 is 53.2 Å². The number of aliphatic hydroxyl groups is 9. The fourth-order valence-corrected chi connectivity index (χ4v) is 25.1. The second-order valence-corrected chi connectivity index (χ2v) is 37.6. The van der Waals surface area contributed by atoms with Gasteiger partial charge in [0.15, 0.2) is 0 Å². The zero-order valence-electron chi connectivity index (χ0n) is 67.2. The average molecular weight is 1590 g/mol. The Morgan fingerprint density at radius 2 is 0.509 bits per heavy atom. The Kier molecular flexibility index (Phi) is 23.9. The van der Waals surface area contributed by atoms with E-state index in [4.69, 9.17) is 28.4 Å². The molecule has 24 nitrogen and oxygen atoms in total. The van der Waals surface area contributed by atoms with E-state index in [1.54, 1.807) is 20.8 Å². The Labute approximate surface area is 667 Å². The highest BCUT2D eigenvalue weighted by Gasteiger charge is 2.64. The summed E-state index contributed by atoms with van der Waals surface area (Å²) in [5, 5.41) is 92.2. The van der Waals surface area contributed by atoms with Crippen molar-refractivity contribution in [1.82, 2.24) is 0 Å². The van der Waals surface area contributed by atoms with E-state index in [1.165, 1.54) is 0 Å². The second-order valence-electron chi connectivity index (χ2n) is 37.6. The first kappa shape index (κ1) is 85.0. The second kappa shape index (κ2) is 32.1. The molecule has 0 radical (unpaired) electrons. The number of hydrogen-bond acceptors (Lipinski definition) is 24. The van der Waals surface area contributed by atoms with Gasteiger partial charge in [0.2, 0.25) is 0 Å². The Hall–Kier alpha value is -6.87. The molecule has 12 aliphatic carbocycles. The smallest absolute Gasteiger partial charge is 0.334 e. The van der Waals surface area contributed by atoms with Gasteiger partial charge in [0.1, 0.15) is 54.0 Å². The number of rotatable bonds is 0.